The molecule has 0 aliphatic carbocycles. The average molecular weight is 414 g/mol. The van der Waals surface area contributed by atoms with Gasteiger partial charge in [-0.15, -0.1) is 0 Å². The first-order chi connectivity index (χ1) is 11.1. The van der Waals surface area contributed by atoms with Crippen LogP contribution in [0.3, 0.4) is 0 Å². The molecule has 2 aromatic rings. The second-order valence-corrected chi connectivity index (χ2v) is 7.10. The maximum atomic E-state index is 12.4. The van der Waals surface area contributed by atoms with E-state index in [4.69, 9.17) is 23.2 Å². The summed E-state index contributed by atoms with van der Waals surface area (Å²) in [6.45, 7) is 1.67. The molecule has 1 N–H and O–H groups in total. The van der Waals surface area contributed by atoms with Crippen molar-refractivity contribution in [2.24, 2.45) is 0 Å². The zero-order chi connectivity index (χ0) is 16.4. The van der Waals surface area contributed by atoms with Crippen molar-refractivity contribution < 1.29 is 4.79 Å². The van der Waals surface area contributed by atoms with E-state index < -0.39 is 0 Å². The summed E-state index contributed by atoms with van der Waals surface area (Å²) in [4.78, 5) is 14.7. The van der Waals surface area contributed by atoms with E-state index in [1.165, 1.54) is 0 Å². The number of anilines is 1. The van der Waals surface area contributed by atoms with E-state index >= 15 is 0 Å². The first-order valence-corrected chi connectivity index (χ1v) is 8.85. The molecule has 23 heavy (non-hydrogen) atoms. The molecular formula is C17H15BrCl2N2O. The molecule has 1 aliphatic heterocycles. The van der Waals surface area contributed by atoms with Crippen LogP contribution in [-0.2, 0) is 0 Å². The fourth-order valence-corrected chi connectivity index (χ4v) is 3.67. The SMILES string of the molecule is O=C(NC1CCN(c2ccccc2Br)C1)c1cccc(Cl)c1Cl. The van der Waals surface area contributed by atoms with Gasteiger partial charge in [-0.3, -0.25) is 4.79 Å². The van der Waals surface area contributed by atoms with Crippen molar-refractivity contribution in [3.8, 4) is 0 Å². The maximum Gasteiger partial charge on any atom is 0.253 e. The Labute approximate surface area is 153 Å². The molecular weight excluding hydrogens is 399 g/mol. The Hall–Kier alpha value is -1.23. The molecule has 0 spiro atoms. The fourth-order valence-electron chi connectivity index (χ4n) is 2.75. The number of rotatable bonds is 3. The molecule has 0 bridgehead atoms. The number of benzene rings is 2. The van der Waals surface area contributed by atoms with Crippen LogP contribution in [0.4, 0.5) is 5.69 Å². The Morgan fingerprint density at radius 2 is 1.96 bits per heavy atom. The van der Waals surface area contributed by atoms with Crippen molar-refractivity contribution in [2.75, 3.05) is 18.0 Å². The Morgan fingerprint density at radius 1 is 1.17 bits per heavy atom. The number of carbonyl (C=O) groups is 1. The number of amides is 1. The Bertz CT molecular complexity index is 738. The normalized spacial score (nSPS) is 17.3. The van der Waals surface area contributed by atoms with Gasteiger partial charge in [0.25, 0.3) is 5.91 Å². The maximum absolute atomic E-state index is 12.4. The number of halogens is 3. The summed E-state index contributed by atoms with van der Waals surface area (Å²) in [6.07, 6.45) is 0.894. The van der Waals surface area contributed by atoms with Gasteiger partial charge < -0.3 is 10.2 Å². The molecule has 1 unspecified atom stereocenters. The van der Waals surface area contributed by atoms with E-state index in [0.717, 1.165) is 29.7 Å². The molecule has 1 aliphatic rings. The fraction of sp³-hybridized carbons (Fsp3) is 0.235. The highest BCUT2D eigenvalue weighted by Gasteiger charge is 2.26. The number of carbonyl (C=O) groups excluding carboxylic acids is 1. The number of para-hydroxylation sites is 1. The Morgan fingerprint density at radius 3 is 2.74 bits per heavy atom. The standard InChI is InChI=1S/C17H15BrCl2N2O/c18-13-5-1-2-7-15(13)22-9-8-11(10-22)21-17(23)12-4-3-6-14(19)16(12)20/h1-7,11H,8-10H2,(H,21,23). The van der Waals surface area contributed by atoms with Gasteiger partial charge in [0.05, 0.1) is 21.3 Å². The lowest BCUT2D eigenvalue weighted by Gasteiger charge is -2.20. The number of hydrogen-bond donors (Lipinski definition) is 1. The summed E-state index contributed by atoms with van der Waals surface area (Å²) >= 11 is 15.6. The van der Waals surface area contributed by atoms with Crippen LogP contribution >= 0.6 is 39.1 Å². The summed E-state index contributed by atoms with van der Waals surface area (Å²) in [7, 11) is 0. The van der Waals surface area contributed by atoms with E-state index in [1.54, 1.807) is 18.2 Å². The van der Waals surface area contributed by atoms with Gasteiger partial charge in [-0.05, 0) is 46.6 Å². The lowest BCUT2D eigenvalue weighted by molar-refractivity contribution is 0.0940. The van der Waals surface area contributed by atoms with Crippen molar-refractivity contribution in [3.05, 3.63) is 62.5 Å². The number of nitrogens with one attached hydrogen (secondary N) is 1. The van der Waals surface area contributed by atoms with Crippen molar-refractivity contribution in [1.29, 1.82) is 0 Å². The minimum Gasteiger partial charge on any atom is -0.368 e. The predicted molar refractivity (Wildman–Crippen MR) is 98.7 cm³/mol. The monoisotopic (exact) mass is 412 g/mol. The minimum atomic E-state index is -0.184. The summed E-state index contributed by atoms with van der Waals surface area (Å²) in [6, 6.07) is 13.3. The highest BCUT2D eigenvalue weighted by atomic mass is 79.9. The van der Waals surface area contributed by atoms with Gasteiger partial charge in [-0.2, -0.15) is 0 Å². The van der Waals surface area contributed by atoms with Crippen LogP contribution in [0.1, 0.15) is 16.8 Å². The van der Waals surface area contributed by atoms with Crippen molar-refractivity contribution in [3.63, 3.8) is 0 Å². The molecule has 3 rings (SSSR count). The van der Waals surface area contributed by atoms with Crippen molar-refractivity contribution in [1.82, 2.24) is 5.32 Å². The first kappa shape index (κ1) is 16.6. The summed E-state index contributed by atoms with van der Waals surface area (Å²) in [5.74, 6) is -0.184. The molecule has 3 nitrogen and oxygen atoms in total. The van der Waals surface area contributed by atoms with Gasteiger partial charge in [0.15, 0.2) is 0 Å². The lowest BCUT2D eigenvalue weighted by atomic mass is 10.2. The molecule has 2 aromatic carbocycles. The molecule has 1 fully saturated rings. The van der Waals surface area contributed by atoms with E-state index in [1.807, 2.05) is 18.2 Å². The molecule has 1 saturated heterocycles. The smallest absolute Gasteiger partial charge is 0.253 e. The predicted octanol–water partition coefficient (Wildman–Crippen LogP) is 4.76. The van der Waals surface area contributed by atoms with Crippen LogP contribution in [0.25, 0.3) is 0 Å². The molecule has 0 radical (unpaired) electrons. The van der Waals surface area contributed by atoms with E-state index in [2.05, 4.69) is 32.2 Å². The summed E-state index contributed by atoms with van der Waals surface area (Å²) in [5, 5.41) is 3.73. The van der Waals surface area contributed by atoms with Crippen LogP contribution in [-0.4, -0.2) is 25.0 Å². The summed E-state index contributed by atoms with van der Waals surface area (Å²) in [5.41, 5.74) is 1.56. The molecule has 1 atom stereocenters. The van der Waals surface area contributed by atoms with E-state index in [9.17, 15) is 4.79 Å². The second kappa shape index (κ2) is 7.12. The quantitative estimate of drug-likeness (QED) is 0.786. The van der Waals surface area contributed by atoms with Gasteiger partial charge >= 0.3 is 0 Å². The van der Waals surface area contributed by atoms with Crippen LogP contribution in [0, 0.1) is 0 Å². The summed E-state index contributed by atoms with van der Waals surface area (Å²) < 4.78 is 1.06. The van der Waals surface area contributed by atoms with Gasteiger partial charge in [0, 0.05) is 23.6 Å². The zero-order valence-corrected chi connectivity index (χ0v) is 15.3. The van der Waals surface area contributed by atoms with Gasteiger partial charge in [-0.25, -0.2) is 0 Å². The molecule has 1 amide bonds. The molecule has 6 heteroatoms. The van der Waals surface area contributed by atoms with Gasteiger partial charge in [-0.1, -0.05) is 41.4 Å². The second-order valence-electron chi connectivity index (χ2n) is 5.46. The van der Waals surface area contributed by atoms with Gasteiger partial charge in [0.2, 0.25) is 0 Å². The number of hydrogen-bond acceptors (Lipinski definition) is 2. The largest absolute Gasteiger partial charge is 0.368 e. The molecule has 1 heterocycles. The van der Waals surface area contributed by atoms with Crippen molar-refractivity contribution >= 4 is 50.7 Å². The highest BCUT2D eigenvalue weighted by Crippen LogP contribution is 2.29. The van der Waals surface area contributed by atoms with Gasteiger partial charge in [0.1, 0.15) is 0 Å². The Balaban J connectivity index is 1.67. The van der Waals surface area contributed by atoms with E-state index in [0.29, 0.717) is 15.6 Å². The molecule has 0 saturated carbocycles. The topological polar surface area (TPSA) is 32.3 Å². The van der Waals surface area contributed by atoms with Crippen LogP contribution in [0.5, 0.6) is 0 Å². The zero-order valence-electron chi connectivity index (χ0n) is 12.2. The Kier molecular flexibility index (Phi) is 5.14. The van der Waals surface area contributed by atoms with Crippen LogP contribution in [0.2, 0.25) is 10.0 Å². The first-order valence-electron chi connectivity index (χ1n) is 7.30. The molecule has 0 aromatic heterocycles. The van der Waals surface area contributed by atoms with Crippen LogP contribution < -0.4 is 10.2 Å². The third-order valence-electron chi connectivity index (χ3n) is 3.91. The van der Waals surface area contributed by atoms with Crippen molar-refractivity contribution in [2.45, 2.75) is 12.5 Å². The average Bonchev–Trinajstić information content (AvgIpc) is 2.98. The minimum absolute atomic E-state index is 0.0876. The van der Waals surface area contributed by atoms with Crippen LogP contribution in [0.15, 0.2) is 46.9 Å². The third kappa shape index (κ3) is 3.65. The number of nitrogens with zero attached hydrogens (tertiary/aromatic N) is 1. The van der Waals surface area contributed by atoms with E-state index in [-0.39, 0.29) is 11.9 Å². The molecule has 120 valence electrons. The lowest BCUT2D eigenvalue weighted by Crippen LogP contribution is -2.37. The third-order valence-corrected chi connectivity index (χ3v) is 5.40. The highest BCUT2D eigenvalue weighted by molar-refractivity contribution is 9.10.